The fraction of sp³-hybridized carbons (Fsp3) is 0.542. The Kier molecular flexibility index (Phi) is 5.67. The number of hydrogen-bond donors (Lipinski definition) is 0. The molecule has 1 saturated carbocycles. The zero-order chi connectivity index (χ0) is 21.4. The molecule has 0 N–H and O–H groups in total. The Labute approximate surface area is 176 Å². The standard InChI is InChI=1S/C24H29NO5/c1-14(2)19-11-20-17(10-23(27)30-21(20)8-15(19)3)13-29-24(28)16-9-22(26)25(12-16)18-6-4-5-7-18/h8,10-11,14,16,18H,4-7,9,12-13H2,1-3H3/t16-/m1/s1. The van der Waals surface area contributed by atoms with Crippen molar-refractivity contribution in [3.8, 4) is 0 Å². The van der Waals surface area contributed by atoms with Gasteiger partial charge in [0.05, 0.1) is 5.92 Å². The van der Waals surface area contributed by atoms with Crippen molar-refractivity contribution in [3.63, 3.8) is 0 Å². The summed E-state index contributed by atoms with van der Waals surface area (Å²) < 4.78 is 10.9. The number of likely N-dealkylation sites (tertiary alicyclic amines) is 1. The van der Waals surface area contributed by atoms with E-state index >= 15 is 0 Å². The van der Waals surface area contributed by atoms with Crippen LogP contribution in [0, 0.1) is 12.8 Å². The van der Waals surface area contributed by atoms with Crippen molar-refractivity contribution < 1.29 is 18.7 Å². The Bertz CT molecular complexity index is 1030. The SMILES string of the molecule is Cc1cc2oc(=O)cc(COC(=O)[C@@H]3CC(=O)N(C4CCCC4)C3)c2cc1C(C)C. The van der Waals surface area contributed by atoms with Gasteiger partial charge in [-0.25, -0.2) is 4.79 Å². The van der Waals surface area contributed by atoms with Gasteiger partial charge in [0.15, 0.2) is 0 Å². The first-order chi connectivity index (χ1) is 14.3. The molecule has 1 atom stereocenters. The molecule has 1 aromatic heterocycles. The van der Waals surface area contributed by atoms with Crippen LogP contribution in [0.2, 0.25) is 0 Å². The van der Waals surface area contributed by atoms with E-state index in [1.807, 2.05) is 24.0 Å². The van der Waals surface area contributed by atoms with Crippen LogP contribution in [0.25, 0.3) is 11.0 Å². The molecule has 1 saturated heterocycles. The van der Waals surface area contributed by atoms with Crippen LogP contribution in [0.1, 0.15) is 68.6 Å². The predicted octanol–water partition coefficient (Wildman–Crippen LogP) is 4.06. The normalized spacial score (nSPS) is 19.9. The third-order valence-electron chi connectivity index (χ3n) is 6.47. The number of rotatable bonds is 5. The van der Waals surface area contributed by atoms with Crippen molar-refractivity contribution in [1.82, 2.24) is 4.90 Å². The highest BCUT2D eigenvalue weighted by Crippen LogP contribution is 2.31. The summed E-state index contributed by atoms with van der Waals surface area (Å²) in [7, 11) is 0. The zero-order valence-electron chi connectivity index (χ0n) is 17.9. The van der Waals surface area contributed by atoms with Crippen LogP contribution >= 0.6 is 0 Å². The summed E-state index contributed by atoms with van der Waals surface area (Å²) in [5, 5.41) is 0.784. The Balaban J connectivity index is 1.50. The van der Waals surface area contributed by atoms with E-state index in [1.165, 1.54) is 6.07 Å². The van der Waals surface area contributed by atoms with Gasteiger partial charge in [0.2, 0.25) is 5.91 Å². The molecule has 6 heteroatoms. The molecule has 1 amide bonds. The fourth-order valence-corrected chi connectivity index (χ4v) is 4.86. The van der Waals surface area contributed by atoms with Crippen molar-refractivity contribution in [2.24, 2.45) is 5.92 Å². The van der Waals surface area contributed by atoms with Gasteiger partial charge in [-0.15, -0.1) is 0 Å². The van der Waals surface area contributed by atoms with Crippen molar-refractivity contribution in [1.29, 1.82) is 0 Å². The molecule has 30 heavy (non-hydrogen) atoms. The predicted molar refractivity (Wildman–Crippen MR) is 113 cm³/mol. The molecule has 2 aromatic rings. The summed E-state index contributed by atoms with van der Waals surface area (Å²) in [6.07, 6.45) is 4.55. The maximum absolute atomic E-state index is 12.7. The van der Waals surface area contributed by atoms with Gasteiger partial charge in [0.25, 0.3) is 0 Å². The Morgan fingerprint density at radius 3 is 2.63 bits per heavy atom. The van der Waals surface area contributed by atoms with Gasteiger partial charge in [-0.2, -0.15) is 0 Å². The van der Waals surface area contributed by atoms with E-state index in [0.717, 1.165) is 42.2 Å². The highest BCUT2D eigenvalue weighted by molar-refractivity contribution is 5.87. The van der Waals surface area contributed by atoms with Gasteiger partial charge >= 0.3 is 11.6 Å². The quantitative estimate of drug-likeness (QED) is 0.548. The number of esters is 1. The largest absolute Gasteiger partial charge is 0.461 e. The smallest absolute Gasteiger partial charge is 0.336 e. The van der Waals surface area contributed by atoms with Crippen LogP contribution in [0.4, 0.5) is 0 Å². The van der Waals surface area contributed by atoms with E-state index in [2.05, 4.69) is 13.8 Å². The highest BCUT2D eigenvalue weighted by atomic mass is 16.5. The van der Waals surface area contributed by atoms with Gasteiger partial charge < -0.3 is 14.1 Å². The first-order valence-electron chi connectivity index (χ1n) is 10.9. The molecular weight excluding hydrogens is 382 g/mol. The second-order valence-electron chi connectivity index (χ2n) is 8.94. The molecule has 1 aliphatic carbocycles. The molecule has 0 unspecified atom stereocenters. The first kappa shape index (κ1) is 20.6. The number of fused-ring (bicyclic) bond motifs is 1. The zero-order valence-corrected chi connectivity index (χ0v) is 17.9. The van der Waals surface area contributed by atoms with E-state index < -0.39 is 11.5 Å². The van der Waals surface area contributed by atoms with Crippen LogP contribution in [0.5, 0.6) is 0 Å². The summed E-state index contributed by atoms with van der Waals surface area (Å²) in [5.41, 5.74) is 2.89. The molecule has 0 radical (unpaired) electrons. The third kappa shape index (κ3) is 4.00. The number of carbonyl (C=O) groups excluding carboxylic acids is 2. The van der Waals surface area contributed by atoms with Crippen molar-refractivity contribution in [2.75, 3.05) is 6.54 Å². The summed E-state index contributed by atoms with van der Waals surface area (Å²) in [6, 6.07) is 5.55. The van der Waals surface area contributed by atoms with Crippen LogP contribution in [0.15, 0.2) is 27.4 Å². The van der Waals surface area contributed by atoms with E-state index in [0.29, 0.717) is 23.6 Å². The lowest BCUT2D eigenvalue weighted by Crippen LogP contribution is -2.35. The van der Waals surface area contributed by atoms with E-state index in [4.69, 9.17) is 9.15 Å². The van der Waals surface area contributed by atoms with E-state index in [9.17, 15) is 14.4 Å². The lowest BCUT2D eigenvalue weighted by molar-refractivity contribution is -0.149. The molecule has 2 aliphatic rings. The maximum atomic E-state index is 12.7. The molecule has 1 aliphatic heterocycles. The number of carbonyl (C=O) groups is 2. The number of aryl methyl sites for hydroxylation is 1. The fourth-order valence-electron chi connectivity index (χ4n) is 4.86. The molecule has 0 spiro atoms. The number of benzene rings is 1. The summed E-state index contributed by atoms with van der Waals surface area (Å²) in [4.78, 5) is 38.9. The minimum absolute atomic E-state index is 0.00432. The van der Waals surface area contributed by atoms with Crippen LogP contribution in [0.3, 0.4) is 0 Å². The molecule has 2 fully saturated rings. The van der Waals surface area contributed by atoms with Crippen LogP contribution in [-0.2, 0) is 20.9 Å². The molecule has 6 nitrogen and oxygen atoms in total. The molecule has 1 aromatic carbocycles. The molecule has 0 bridgehead atoms. The van der Waals surface area contributed by atoms with Gasteiger partial charge in [-0.3, -0.25) is 9.59 Å². The van der Waals surface area contributed by atoms with Gasteiger partial charge in [0, 0.05) is 36.0 Å². The summed E-state index contributed by atoms with van der Waals surface area (Å²) in [6.45, 7) is 6.65. The average molecular weight is 411 g/mol. The lowest BCUT2D eigenvalue weighted by atomic mass is 9.95. The average Bonchev–Trinajstić information content (AvgIpc) is 3.34. The van der Waals surface area contributed by atoms with Crippen LogP contribution in [-0.4, -0.2) is 29.4 Å². The number of nitrogens with zero attached hydrogens (tertiary/aromatic N) is 1. The minimum atomic E-state index is -0.464. The van der Waals surface area contributed by atoms with Crippen molar-refractivity contribution >= 4 is 22.8 Å². The second-order valence-corrected chi connectivity index (χ2v) is 8.94. The number of amides is 1. The number of hydrogen-bond acceptors (Lipinski definition) is 5. The second kappa shape index (κ2) is 8.25. The molecule has 4 rings (SSSR count). The van der Waals surface area contributed by atoms with Crippen LogP contribution < -0.4 is 5.63 Å². The van der Waals surface area contributed by atoms with Gasteiger partial charge in [-0.1, -0.05) is 26.7 Å². The molecular formula is C24H29NO5. The van der Waals surface area contributed by atoms with Crippen molar-refractivity contribution in [3.05, 3.63) is 45.3 Å². The Morgan fingerprint density at radius 1 is 1.20 bits per heavy atom. The monoisotopic (exact) mass is 411 g/mol. The molecule has 160 valence electrons. The van der Waals surface area contributed by atoms with Gasteiger partial charge in [-0.05, 0) is 48.9 Å². The van der Waals surface area contributed by atoms with E-state index in [1.54, 1.807) is 0 Å². The first-order valence-corrected chi connectivity index (χ1v) is 10.9. The Hall–Kier alpha value is -2.63. The van der Waals surface area contributed by atoms with E-state index in [-0.39, 0.29) is 30.9 Å². The Morgan fingerprint density at radius 2 is 1.93 bits per heavy atom. The highest BCUT2D eigenvalue weighted by Gasteiger charge is 2.39. The third-order valence-corrected chi connectivity index (χ3v) is 6.47. The summed E-state index contributed by atoms with van der Waals surface area (Å²) >= 11 is 0. The minimum Gasteiger partial charge on any atom is -0.461 e. The van der Waals surface area contributed by atoms with Gasteiger partial charge in [0.1, 0.15) is 12.2 Å². The summed E-state index contributed by atoms with van der Waals surface area (Å²) in [5.74, 6) is -0.436. The van der Waals surface area contributed by atoms with Crippen molar-refractivity contribution in [2.45, 2.75) is 71.4 Å². The number of ether oxygens (including phenoxy) is 1. The topological polar surface area (TPSA) is 76.8 Å². The maximum Gasteiger partial charge on any atom is 0.336 e. The molecule has 2 heterocycles. The lowest BCUT2D eigenvalue weighted by Gasteiger charge is -2.23.